The predicted molar refractivity (Wildman–Crippen MR) is 21.3 cm³/mol. The second-order valence-electron chi connectivity index (χ2n) is 0. The molecule has 0 saturated carbocycles. The molecule has 4 heteroatoms. The summed E-state index contributed by atoms with van der Waals surface area (Å²) in [5.41, 5.74) is 0. The van der Waals surface area contributed by atoms with Crippen LogP contribution in [0.5, 0.6) is 0 Å². The van der Waals surface area contributed by atoms with E-state index in [1.807, 2.05) is 0 Å². The summed E-state index contributed by atoms with van der Waals surface area (Å²) in [7, 11) is 4.17. The molecule has 0 heterocycles. The zero-order chi connectivity index (χ0) is 2.00. The molecule has 0 aromatic rings. The monoisotopic (exact) mass is 305 g/mol. The molecule has 3 radical (unpaired) electrons. The Morgan fingerprint density at radius 2 is 1.50 bits per heavy atom. The standard InChI is InChI=1S/Cu.S.Sn.Sr.2H/q;;;+2;2*-1. The number of hydrogen-bond acceptors (Lipinski definition) is 1. The maximum absolute atomic E-state index is 4.17. The molecule has 0 atom stereocenters. The van der Waals surface area contributed by atoms with Gasteiger partial charge < -0.3 is 2.85 Å². The molecular formula is H2CuSSnSr. The van der Waals surface area contributed by atoms with Crippen LogP contribution in [-0.4, -0.2) is 66.1 Å². The first-order valence-corrected chi connectivity index (χ1v) is 4.11. The van der Waals surface area contributed by atoms with Gasteiger partial charge in [-0.15, -0.1) is 0 Å². The van der Waals surface area contributed by atoms with Gasteiger partial charge in [0.25, 0.3) is 0 Å². The van der Waals surface area contributed by atoms with E-state index in [-0.39, 0.29) is 65.4 Å². The Morgan fingerprint density at radius 3 is 1.50 bits per heavy atom. The van der Waals surface area contributed by atoms with Gasteiger partial charge in [-0.2, -0.15) is 0 Å². The van der Waals surface area contributed by atoms with Gasteiger partial charge in [-0.3, -0.25) is 0 Å². The molecule has 0 rings (SSSR count). The molecule has 0 aromatic heterocycles. The van der Waals surface area contributed by atoms with E-state index < -0.39 is 0 Å². The summed E-state index contributed by atoms with van der Waals surface area (Å²) in [6.45, 7) is 0. The van der Waals surface area contributed by atoms with Gasteiger partial charge in [-0.25, -0.2) is 0 Å². The summed E-state index contributed by atoms with van der Waals surface area (Å²) in [4.78, 5) is 0. The van der Waals surface area contributed by atoms with Crippen LogP contribution in [0, 0.1) is 0 Å². The van der Waals surface area contributed by atoms with E-state index in [9.17, 15) is 0 Å². The van der Waals surface area contributed by atoms with Crippen molar-refractivity contribution in [2.45, 2.75) is 0 Å². The largest absolute Gasteiger partial charge is 2.00 e. The third-order valence-corrected chi connectivity index (χ3v) is 0. The van der Waals surface area contributed by atoms with Crippen molar-refractivity contribution in [3.63, 3.8) is 0 Å². The topological polar surface area (TPSA) is 0 Å². The van der Waals surface area contributed by atoms with Crippen LogP contribution in [0.3, 0.4) is 0 Å². The predicted octanol–water partition coefficient (Wildman–Crippen LogP) is 0.109. The minimum absolute atomic E-state index is 0. The van der Waals surface area contributed by atoms with E-state index in [1.54, 1.807) is 0 Å². The Morgan fingerprint density at radius 1 is 1.50 bits per heavy atom. The first-order chi connectivity index (χ1) is 1.00. The van der Waals surface area contributed by atoms with E-state index in [4.69, 9.17) is 0 Å². The van der Waals surface area contributed by atoms with Gasteiger partial charge in [0.1, 0.15) is 0 Å². The second kappa shape index (κ2) is 16.6. The molecule has 0 aromatic carbocycles. The Balaban J connectivity index is -0.000000000833. The van der Waals surface area contributed by atoms with Crippen molar-refractivity contribution in [3.8, 4) is 0 Å². The minimum Gasteiger partial charge on any atom is 2.00 e. The molecule has 0 amide bonds. The summed E-state index contributed by atoms with van der Waals surface area (Å²) >= 11 is 1.13. The smallest absolute Gasteiger partial charge is 2.00 e. The normalized spacial score (nSPS) is 1.00. The first kappa shape index (κ1) is 15.7. The van der Waals surface area contributed by atoms with Crippen molar-refractivity contribution in [1.29, 1.82) is 0 Å². The summed E-state index contributed by atoms with van der Waals surface area (Å²) in [6.07, 6.45) is 0. The van der Waals surface area contributed by atoms with E-state index in [2.05, 4.69) is 9.29 Å². The van der Waals surface area contributed by atoms with Crippen molar-refractivity contribution in [1.82, 2.24) is 0 Å². The Bertz CT molecular complexity index is 13.5. The van der Waals surface area contributed by atoms with Gasteiger partial charge in [0.15, 0.2) is 0 Å². The fourth-order valence-corrected chi connectivity index (χ4v) is 0. The molecule has 0 aliphatic heterocycles. The third-order valence-electron chi connectivity index (χ3n) is 0. The summed E-state index contributed by atoms with van der Waals surface area (Å²) < 4.78 is 0. The van der Waals surface area contributed by atoms with Crippen molar-refractivity contribution < 1.29 is 19.9 Å². The van der Waals surface area contributed by atoms with Gasteiger partial charge in [-0.1, -0.05) is 0 Å². The van der Waals surface area contributed by atoms with Crippen LogP contribution in [0.25, 0.3) is 0 Å². The first-order valence-electron chi connectivity index (χ1n) is 0.204. The van der Waals surface area contributed by atoms with E-state index in [1.165, 1.54) is 0 Å². The van der Waals surface area contributed by atoms with Crippen molar-refractivity contribution >= 4 is 75.4 Å². The molecule has 0 N–H and O–H groups in total. The number of hydrogen-bond donors (Lipinski definition) is 0. The van der Waals surface area contributed by atoms with Crippen LogP contribution in [0.1, 0.15) is 2.85 Å². The fraction of sp³-hybridized carbons (Fsp3) is 0. The van der Waals surface area contributed by atoms with Gasteiger partial charge in [0.2, 0.25) is 0 Å². The Kier molecular flexibility index (Phi) is 65.5. The summed E-state index contributed by atoms with van der Waals surface area (Å²) in [5, 5.41) is 0. The van der Waals surface area contributed by atoms with Crippen molar-refractivity contribution in [2.75, 3.05) is 0 Å². The zero-order valence-electron chi connectivity index (χ0n) is 3.92. The quantitative estimate of drug-likeness (QED) is 0.573. The molecule has 0 nitrogen and oxygen atoms in total. The molecular weight excluding hydrogens is 302 g/mol. The molecule has 0 aliphatic rings. The molecule has 0 bridgehead atoms. The second-order valence-corrected chi connectivity index (χ2v) is 0. The van der Waals surface area contributed by atoms with Crippen molar-refractivity contribution in [3.05, 3.63) is 0 Å². The van der Waals surface area contributed by atoms with E-state index in [0.29, 0.717) is 0 Å². The third kappa shape index (κ3) is 8.89. The number of rotatable bonds is 0. The zero-order valence-corrected chi connectivity index (χ0v) is 10.0. The molecule has 0 fully saturated rings. The van der Waals surface area contributed by atoms with E-state index >= 15 is 0 Å². The van der Waals surface area contributed by atoms with Gasteiger partial charge in [0.05, 0.1) is 0 Å². The minimum atomic E-state index is 0. The summed E-state index contributed by atoms with van der Waals surface area (Å²) in [5.74, 6) is 0. The fourth-order valence-electron chi connectivity index (χ4n) is 0. The van der Waals surface area contributed by atoms with Gasteiger partial charge in [-0.05, 0) is 0 Å². The van der Waals surface area contributed by atoms with Crippen LogP contribution >= 0.6 is 9.29 Å². The molecule has 0 unspecified atom stereocenters. The Hall–Kier alpha value is 3.02. The van der Waals surface area contributed by atoms with Crippen LogP contribution in [-0.2, 0) is 17.1 Å². The van der Waals surface area contributed by atoms with Gasteiger partial charge >= 0.3 is 75.4 Å². The van der Waals surface area contributed by atoms with Gasteiger partial charge in [0, 0.05) is 17.1 Å². The SMILES string of the molecule is [Cu].[H-].[H-].[S]=[Sn].[Sr+2]. The van der Waals surface area contributed by atoms with Crippen molar-refractivity contribution in [2.24, 2.45) is 0 Å². The van der Waals surface area contributed by atoms with Crippen LogP contribution in [0.2, 0.25) is 0 Å². The van der Waals surface area contributed by atoms with Crippen LogP contribution < -0.4 is 0 Å². The molecule has 4 heavy (non-hydrogen) atoms. The maximum atomic E-state index is 4.17. The summed E-state index contributed by atoms with van der Waals surface area (Å²) in [6, 6.07) is 0. The average molecular weight is 304 g/mol. The molecule has 0 spiro atoms. The molecule has 25 valence electrons. The van der Waals surface area contributed by atoms with Crippen LogP contribution in [0.15, 0.2) is 0 Å². The Labute approximate surface area is 93.1 Å². The van der Waals surface area contributed by atoms with Crippen LogP contribution in [0.4, 0.5) is 0 Å². The average Bonchev–Trinajstić information content (AvgIpc) is 1.00. The maximum Gasteiger partial charge on any atom is 2.00 e. The van der Waals surface area contributed by atoms with E-state index in [0.717, 1.165) is 20.6 Å². The molecule has 0 saturated heterocycles. The molecule has 0 aliphatic carbocycles.